The van der Waals surface area contributed by atoms with Gasteiger partial charge < -0.3 is 9.84 Å². The van der Waals surface area contributed by atoms with Crippen molar-refractivity contribution in [1.82, 2.24) is 0 Å². The van der Waals surface area contributed by atoms with Gasteiger partial charge in [0.15, 0.2) is 17.2 Å². The molecule has 4 aliphatic carbocycles. The Morgan fingerprint density at radius 1 is 1.05 bits per heavy atom. The van der Waals surface area contributed by atoms with Crippen molar-refractivity contribution >= 4 is 24.0 Å². The highest BCUT2D eigenvalue weighted by Gasteiger charge is 2.69. The van der Waals surface area contributed by atoms with Crippen molar-refractivity contribution in [3.8, 4) is 0 Å². The summed E-state index contributed by atoms with van der Waals surface area (Å²) in [6, 6.07) is 7.58. The van der Waals surface area contributed by atoms with Crippen molar-refractivity contribution in [3.05, 3.63) is 47.0 Å². The van der Waals surface area contributed by atoms with Gasteiger partial charge in [-0.3, -0.25) is 14.4 Å². The molecule has 1 aromatic carbocycles. The van der Waals surface area contributed by atoms with Crippen molar-refractivity contribution < 1.29 is 29.0 Å². The van der Waals surface area contributed by atoms with E-state index in [1.54, 1.807) is 0 Å². The number of rotatable bonds is 7. The third-order valence-electron chi connectivity index (χ3n) is 10.8. The number of Topliss-reactive ketones (excluding diaryl/α,β-unsaturated/α-hetero) is 1. The summed E-state index contributed by atoms with van der Waals surface area (Å²) in [5, 5.41) is 9.76. The monoisotopic (exact) mass is 506 g/mol. The largest absolute Gasteiger partial charge is 0.506 e. The van der Waals surface area contributed by atoms with E-state index in [4.69, 9.17) is 4.74 Å². The Kier molecular flexibility index (Phi) is 6.66. The Morgan fingerprint density at radius 2 is 1.78 bits per heavy atom. The number of carboxylic acid groups (broad SMARTS) is 1. The zero-order chi connectivity index (χ0) is 26.4. The number of carbonyl (C=O) groups is 4. The molecule has 0 aliphatic heterocycles. The molecule has 0 saturated heterocycles. The van der Waals surface area contributed by atoms with Gasteiger partial charge in [0, 0.05) is 17.4 Å². The predicted molar refractivity (Wildman–Crippen MR) is 138 cm³/mol. The van der Waals surface area contributed by atoms with E-state index < -0.39 is 17.2 Å². The van der Waals surface area contributed by atoms with E-state index in [1.165, 1.54) is 12.5 Å². The second-order valence-corrected chi connectivity index (χ2v) is 12.2. The standard InChI is InChI=1S/C31H38O6/c1-20(33)31(37-28(35)36)17-13-27-25-10-9-23-18-24(34)11-15-29(23,2)26(25)12-16-30(27,31)14-3-4-21-5-7-22(19-32)8-6-21/h5-8,18-19,25-27H,3-4,9-17H2,1-2H3,(H,35,36)/t25-,26-,27+,29-,30+,31+/m1/s1. The van der Waals surface area contributed by atoms with Gasteiger partial charge in [0.05, 0.1) is 0 Å². The number of fused-ring (bicyclic) bond motifs is 5. The molecule has 37 heavy (non-hydrogen) atoms. The molecule has 0 unspecified atom stereocenters. The second-order valence-electron chi connectivity index (χ2n) is 12.2. The molecule has 4 aliphatic rings. The van der Waals surface area contributed by atoms with Crippen molar-refractivity contribution in [1.29, 1.82) is 0 Å². The highest BCUT2D eigenvalue weighted by Crippen LogP contribution is 2.69. The zero-order valence-electron chi connectivity index (χ0n) is 22.0. The SMILES string of the molecule is CC(=O)[C@@]1(OC(=O)O)CC[C@H]2[C@@H]3CCC4=CC(=O)CC[C@@]4(C)[C@@H]3CC[C@@]21CCCc1ccc(C=O)cc1. The van der Waals surface area contributed by atoms with Crippen LogP contribution in [0.2, 0.25) is 0 Å². The van der Waals surface area contributed by atoms with E-state index in [2.05, 4.69) is 6.92 Å². The van der Waals surface area contributed by atoms with Gasteiger partial charge in [0.2, 0.25) is 0 Å². The van der Waals surface area contributed by atoms with Crippen LogP contribution in [0.25, 0.3) is 0 Å². The molecule has 6 heteroatoms. The molecule has 0 spiro atoms. The lowest BCUT2D eigenvalue weighted by Gasteiger charge is -2.60. The van der Waals surface area contributed by atoms with Gasteiger partial charge in [0.25, 0.3) is 0 Å². The van der Waals surface area contributed by atoms with Crippen molar-refractivity contribution in [3.63, 3.8) is 0 Å². The summed E-state index contributed by atoms with van der Waals surface area (Å²) in [5.41, 5.74) is 1.28. The molecular formula is C31H38O6. The number of hydrogen-bond donors (Lipinski definition) is 1. The van der Waals surface area contributed by atoms with Gasteiger partial charge in [-0.1, -0.05) is 36.8 Å². The number of aryl methyl sites for hydroxylation is 1. The van der Waals surface area contributed by atoms with Crippen LogP contribution in [-0.2, 0) is 20.7 Å². The van der Waals surface area contributed by atoms with Crippen LogP contribution in [0.5, 0.6) is 0 Å². The summed E-state index contributed by atoms with van der Waals surface area (Å²) in [6.07, 6.45) is 10.1. The average molecular weight is 507 g/mol. The maximum absolute atomic E-state index is 13.3. The van der Waals surface area contributed by atoms with Crippen molar-refractivity contribution in [2.75, 3.05) is 0 Å². The number of aldehydes is 1. The number of benzene rings is 1. The number of ketones is 2. The molecule has 3 saturated carbocycles. The topological polar surface area (TPSA) is 97.7 Å². The lowest BCUT2D eigenvalue weighted by atomic mass is 9.45. The van der Waals surface area contributed by atoms with Gasteiger partial charge in [0.1, 0.15) is 6.29 Å². The fourth-order valence-corrected chi connectivity index (χ4v) is 9.16. The first-order valence-corrected chi connectivity index (χ1v) is 13.9. The maximum Gasteiger partial charge on any atom is 0.506 e. The van der Waals surface area contributed by atoms with Gasteiger partial charge in [-0.25, -0.2) is 4.79 Å². The van der Waals surface area contributed by atoms with E-state index in [0.717, 1.165) is 69.6 Å². The first-order valence-electron chi connectivity index (χ1n) is 13.9. The summed E-state index contributed by atoms with van der Waals surface area (Å²) in [7, 11) is 0. The summed E-state index contributed by atoms with van der Waals surface area (Å²) in [6.45, 7) is 3.84. The van der Waals surface area contributed by atoms with Crippen molar-refractivity contribution in [2.24, 2.45) is 28.6 Å². The number of allylic oxidation sites excluding steroid dienone is 1. The number of carbonyl (C=O) groups excluding carboxylic acids is 3. The van der Waals surface area contributed by atoms with Crippen molar-refractivity contribution in [2.45, 2.75) is 90.1 Å². The Bertz CT molecular complexity index is 1130. The smallest absolute Gasteiger partial charge is 0.450 e. The van der Waals surface area contributed by atoms with E-state index >= 15 is 0 Å². The minimum absolute atomic E-state index is 0.0123. The first kappa shape index (κ1) is 25.9. The molecular weight excluding hydrogens is 468 g/mol. The maximum atomic E-state index is 13.3. The Morgan fingerprint density at radius 3 is 2.46 bits per heavy atom. The van der Waals surface area contributed by atoms with Crippen LogP contribution in [0.4, 0.5) is 4.79 Å². The minimum atomic E-state index is -1.37. The fourth-order valence-electron chi connectivity index (χ4n) is 9.16. The molecule has 0 bridgehead atoms. The van der Waals surface area contributed by atoms with Crippen LogP contribution in [0.15, 0.2) is 35.9 Å². The summed E-state index contributed by atoms with van der Waals surface area (Å²) in [4.78, 5) is 48.4. The predicted octanol–water partition coefficient (Wildman–Crippen LogP) is 6.36. The zero-order valence-corrected chi connectivity index (χ0v) is 22.0. The highest BCUT2D eigenvalue weighted by atomic mass is 16.7. The first-order chi connectivity index (χ1) is 17.6. The van der Waals surface area contributed by atoms with E-state index in [9.17, 15) is 24.3 Å². The Labute approximate surface area is 218 Å². The molecule has 0 amide bonds. The van der Waals surface area contributed by atoms with E-state index in [0.29, 0.717) is 30.2 Å². The molecule has 0 aromatic heterocycles. The summed E-state index contributed by atoms with van der Waals surface area (Å²) < 4.78 is 5.66. The highest BCUT2D eigenvalue weighted by molar-refractivity contribution is 5.91. The molecule has 5 rings (SSSR count). The van der Waals surface area contributed by atoms with Crippen LogP contribution in [0.1, 0.15) is 94.0 Å². The molecule has 6 atom stereocenters. The molecule has 6 nitrogen and oxygen atoms in total. The Balaban J connectivity index is 1.47. The number of ether oxygens (including phenoxy) is 1. The van der Waals surface area contributed by atoms with Gasteiger partial charge in [-0.05, 0) is 106 Å². The summed E-state index contributed by atoms with van der Waals surface area (Å²) in [5.74, 6) is 1.14. The molecule has 0 heterocycles. The average Bonchev–Trinajstić information content (AvgIpc) is 3.19. The molecule has 1 aromatic rings. The van der Waals surface area contributed by atoms with E-state index in [-0.39, 0.29) is 22.9 Å². The van der Waals surface area contributed by atoms with Crippen LogP contribution in [0.3, 0.4) is 0 Å². The quantitative estimate of drug-likeness (QED) is 0.341. The lowest BCUT2D eigenvalue weighted by Crippen LogP contribution is -2.60. The minimum Gasteiger partial charge on any atom is -0.450 e. The number of hydrogen-bond acceptors (Lipinski definition) is 5. The van der Waals surface area contributed by atoms with Crippen LogP contribution < -0.4 is 0 Å². The fraction of sp³-hybridized carbons (Fsp3) is 0.613. The second kappa shape index (κ2) is 9.52. The van der Waals surface area contributed by atoms with Crippen LogP contribution in [0, 0.1) is 28.6 Å². The van der Waals surface area contributed by atoms with E-state index in [1.807, 2.05) is 30.3 Å². The normalized spacial score (nSPS) is 36.5. The van der Waals surface area contributed by atoms with Gasteiger partial charge in [-0.2, -0.15) is 0 Å². The molecule has 0 radical (unpaired) electrons. The van der Waals surface area contributed by atoms with Crippen LogP contribution in [-0.4, -0.2) is 34.7 Å². The molecule has 198 valence electrons. The molecule has 1 N–H and O–H groups in total. The Hall–Kier alpha value is -2.76. The summed E-state index contributed by atoms with van der Waals surface area (Å²) >= 11 is 0. The molecule has 3 fully saturated rings. The third kappa shape index (κ3) is 4.07. The van der Waals surface area contributed by atoms with Gasteiger partial charge >= 0.3 is 6.16 Å². The van der Waals surface area contributed by atoms with Gasteiger partial charge in [-0.15, -0.1) is 0 Å². The van der Waals surface area contributed by atoms with Crippen LogP contribution >= 0.6 is 0 Å². The third-order valence-corrected chi connectivity index (χ3v) is 10.8. The lowest BCUT2D eigenvalue weighted by molar-refractivity contribution is -0.170.